The number of carbonyl (C=O) groups excluding carboxylic acids is 1. The summed E-state index contributed by atoms with van der Waals surface area (Å²) in [7, 11) is 0. The minimum atomic E-state index is -0.508. The molecule has 0 aliphatic heterocycles. The third kappa shape index (κ3) is 3.84. The maximum atomic E-state index is 11.5. The lowest BCUT2D eigenvalue weighted by Crippen LogP contribution is -2.12. The Morgan fingerprint density at radius 1 is 1.25 bits per heavy atom. The van der Waals surface area contributed by atoms with Gasteiger partial charge in [0.25, 0.3) is 0 Å². The van der Waals surface area contributed by atoms with Crippen LogP contribution in [-0.4, -0.2) is 27.0 Å². The number of thiazole rings is 1. The van der Waals surface area contributed by atoms with Gasteiger partial charge in [-0.15, -0.1) is 12.4 Å². The number of H-pyrrole nitrogens is 1. The van der Waals surface area contributed by atoms with Crippen molar-refractivity contribution >= 4 is 73.3 Å². The predicted octanol–water partition coefficient (Wildman–Crippen LogP) is 4.88. The van der Waals surface area contributed by atoms with E-state index in [4.69, 9.17) is 22.1 Å². The molecule has 4 N–H and O–H groups in total. The van der Waals surface area contributed by atoms with Gasteiger partial charge in [-0.1, -0.05) is 11.3 Å². The van der Waals surface area contributed by atoms with Gasteiger partial charge in [-0.2, -0.15) is 0 Å². The van der Waals surface area contributed by atoms with Crippen LogP contribution in [0.2, 0.25) is 5.28 Å². The van der Waals surface area contributed by atoms with Crippen LogP contribution in [0.1, 0.15) is 24.2 Å². The minimum absolute atomic E-state index is 0. The molecule has 0 bridgehead atoms. The number of imidazole rings is 1. The van der Waals surface area contributed by atoms with Crippen molar-refractivity contribution in [2.75, 3.05) is 5.32 Å². The number of nitrogens with one attached hydrogen (secondary N) is 2. The highest BCUT2D eigenvalue weighted by Crippen LogP contribution is 2.35. The number of rotatable bonds is 5. The molecule has 0 aliphatic carbocycles. The first kappa shape index (κ1) is 20.2. The van der Waals surface area contributed by atoms with Gasteiger partial charge < -0.3 is 20.8 Å². The van der Waals surface area contributed by atoms with Crippen LogP contribution >= 0.6 is 35.3 Å². The van der Waals surface area contributed by atoms with Crippen molar-refractivity contribution in [1.82, 2.24) is 15.0 Å². The molecule has 7 nitrogen and oxygen atoms in total. The van der Waals surface area contributed by atoms with Gasteiger partial charge in [0.1, 0.15) is 16.8 Å². The van der Waals surface area contributed by atoms with Crippen molar-refractivity contribution in [3.8, 4) is 5.75 Å². The third-order valence-electron chi connectivity index (χ3n) is 3.85. The number of hydrogen-bond acceptors (Lipinski definition) is 6. The zero-order chi connectivity index (χ0) is 19.1. The van der Waals surface area contributed by atoms with Crippen molar-refractivity contribution in [2.45, 2.75) is 20.0 Å². The molecule has 4 rings (SSSR count). The van der Waals surface area contributed by atoms with Gasteiger partial charge >= 0.3 is 0 Å². The smallest absolute Gasteiger partial charge is 0.248 e. The predicted molar refractivity (Wildman–Crippen MR) is 116 cm³/mol. The summed E-state index contributed by atoms with van der Waals surface area (Å²) in [6.45, 7) is 3.86. The highest BCUT2D eigenvalue weighted by molar-refractivity contribution is 7.22. The van der Waals surface area contributed by atoms with Crippen LogP contribution < -0.4 is 15.8 Å². The number of halogens is 2. The van der Waals surface area contributed by atoms with E-state index < -0.39 is 5.91 Å². The van der Waals surface area contributed by atoms with Gasteiger partial charge in [0.2, 0.25) is 11.2 Å². The fourth-order valence-electron chi connectivity index (χ4n) is 2.74. The SMILES string of the molecule is CC(C)Oc1ccc(C(N)=O)cc1Nc1nc2c(ccc3[nH]c(Cl)nc32)s1.Cl. The van der Waals surface area contributed by atoms with E-state index in [0.717, 1.165) is 15.7 Å². The molecule has 2 heterocycles. The summed E-state index contributed by atoms with van der Waals surface area (Å²) in [5, 5.41) is 4.20. The molecule has 0 saturated carbocycles. The maximum Gasteiger partial charge on any atom is 0.248 e. The highest BCUT2D eigenvalue weighted by atomic mass is 35.5. The Balaban J connectivity index is 0.00000225. The number of aromatic amines is 1. The van der Waals surface area contributed by atoms with Crippen molar-refractivity contribution in [3.05, 3.63) is 41.2 Å². The number of anilines is 2. The number of amides is 1. The van der Waals surface area contributed by atoms with Gasteiger partial charge in [-0.25, -0.2) is 9.97 Å². The summed E-state index contributed by atoms with van der Waals surface area (Å²) in [4.78, 5) is 23.5. The first-order valence-electron chi connectivity index (χ1n) is 8.23. The Hall–Kier alpha value is -2.55. The second-order valence-electron chi connectivity index (χ2n) is 6.22. The summed E-state index contributed by atoms with van der Waals surface area (Å²) in [6.07, 6.45) is -0.0221. The Labute approximate surface area is 175 Å². The number of fused-ring (bicyclic) bond motifs is 3. The topological polar surface area (TPSA) is 106 Å². The fraction of sp³-hybridized carbons (Fsp3) is 0.167. The van der Waals surface area contributed by atoms with Crippen LogP contribution in [0, 0.1) is 0 Å². The van der Waals surface area contributed by atoms with Gasteiger partial charge in [-0.3, -0.25) is 4.79 Å². The molecule has 2 aromatic heterocycles. The van der Waals surface area contributed by atoms with E-state index in [1.807, 2.05) is 26.0 Å². The number of nitrogens with zero attached hydrogens (tertiary/aromatic N) is 2. The quantitative estimate of drug-likeness (QED) is 0.412. The summed E-state index contributed by atoms with van der Waals surface area (Å²) < 4.78 is 6.79. The molecule has 4 aromatic rings. The Bertz CT molecular complexity index is 1170. The number of benzene rings is 2. The lowest BCUT2D eigenvalue weighted by atomic mass is 10.1. The van der Waals surface area contributed by atoms with Gasteiger partial charge in [-0.05, 0) is 55.8 Å². The van der Waals surface area contributed by atoms with Gasteiger partial charge in [0, 0.05) is 5.56 Å². The molecule has 0 aliphatic rings. The lowest BCUT2D eigenvalue weighted by Gasteiger charge is -2.15. The Morgan fingerprint density at radius 3 is 2.75 bits per heavy atom. The zero-order valence-electron chi connectivity index (χ0n) is 14.9. The normalized spacial score (nSPS) is 11.0. The first-order chi connectivity index (χ1) is 12.9. The molecule has 0 radical (unpaired) electrons. The zero-order valence-corrected chi connectivity index (χ0v) is 17.3. The van der Waals surface area contributed by atoms with E-state index in [9.17, 15) is 4.79 Å². The largest absolute Gasteiger partial charge is 0.489 e. The molecule has 2 aromatic carbocycles. The number of hydrogen-bond donors (Lipinski definition) is 3. The molecule has 0 fully saturated rings. The minimum Gasteiger partial charge on any atom is -0.489 e. The Kier molecular flexibility index (Phi) is 5.64. The van der Waals surface area contributed by atoms with E-state index in [0.29, 0.717) is 32.9 Å². The lowest BCUT2D eigenvalue weighted by molar-refractivity contribution is 0.100. The van der Waals surface area contributed by atoms with Crippen molar-refractivity contribution in [1.29, 1.82) is 0 Å². The second-order valence-corrected chi connectivity index (χ2v) is 7.61. The third-order valence-corrected chi connectivity index (χ3v) is 4.97. The fourth-order valence-corrected chi connectivity index (χ4v) is 3.81. The van der Waals surface area contributed by atoms with E-state index in [2.05, 4.69) is 20.3 Å². The monoisotopic (exact) mass is 437 g/mol. The second kappa shape index (κ2) is 7.83. The van der Waals surface area contributed by atoms with Crippen LogP contribution in [-0.2, 0) is 0 Å². The average Bonchev–Trinajstić information content (AvgIpc) is 3.17. The van der Waals surface area contributed by atoms with E-state index in [1.54, 1.807) is 18.2 Å². The van der Waals surface area contributed by atoms with E-state index in [-0.39, 0.29) is 18.5 Å². The van der Waals surface area contributed by atoms with E-state index in [1.165, 1.54) is 11.3 Å². The highest BCUT2D eigenvalue weighted by Gasteiger charge is 2.14. The summed E-state index contributed by atoms with van der Waals surface area (Å²) >= 11 is 7.44. The summed E-state index contributed by atoms with van der Waals surface area (Å²) in [6, 6.07) is 8.90. The molecule has 10 heteroatoms. The van der Waals surface area contributed by atoms with Crippen LogP contribution in [0.25, 0.3) is 21.3 Å². The molecule has 28 heavy (non-hydrogen) atoms. The molecule has 0 saturated heterocycles. The Morgan fingerprint density at radius 2 is 2.04 bits per heavy atom. The average molecular weight is 438 g/mol. The number of nitrogens with two attached hydrogens (primary N) is 1. The first-order valence-corrected chi connectivity index (χ1v) is 9.42. The molecule has 146 valence electrons. The van der Waals surface area contributed by atoms with Gasteiger partial charge in [0.05, 0.1) is 22.0 Å². The number of carbonyl (C=O) groups is 1. The molecular weight excluding hydrogens is 421 g/mol. The van der Waals surface area contributed by atoms with E-state index >= 15 is 0 Å². The number of aromatic nitrogens is 3. The molecule has 0 spiro atoms. The van der Waals surface area contributed by atoms with Crippen molar-refractivity contribution < 1.29 is 9.53 Å². The summed E-state index contributed by atoms with van der Waals surface area (Å²) in [5.41, 5.74) is 8.70. The standard InChI is InChI=1S/C18H16ClN5O2S.ClH/c1-8(2)26-12-5-3-9(16(20)25)7-11(12)22-18-24-15-13(27-18)6-4-10-14(15)23-17(19)21-10;/h3-8H,1-2H3,(H2,20,25)(H,21,23)(H,22,24);1H. The van der Waals surface area contributed by atoms with Crippen molar-refractivity contribution in [2.24, 2.45) is 5.73 Å². The van der Waals surface area contributed by atoms with Crippen LogP contribution in [0.5, 0.6) is 5.75 Å². The van der Waals surface area contributed by atoms with Crippen LogP contribution in [0.4, 0.5) is 10.8 Å². The summed E-state index contributed by atoms with van der Waals surface area (Å²) in [5.74, 6) is 0.105. The molecular formula is C18H17Cl2N5O2S. The van der Waals surface area contributed by atoms with Crippen LogP contribution in [0.3, 0.4) is 0 Å². The molecule has 0 unspecified atom stereocenters. The van der Waals surface area contributed by atoms with Gasteiger partial charge in [0.15, 0.2) is 5.13 Å². The molecule has 1 amide bonds. The molecule has 0 atom stereocenters. The number of primary amides is 1. The van der Waals surface area contributed by atoms with Crippen molar-refractivity contribution in [3.63, 3.8) is 0 Å². The van der Waals surface area contributed by atoms with Crippen LogP contribution in [0.15, 0.2) is 30.3 Å². The number of ether oxygens (including phenoxy) is 1. The maximum absolute atomic E-state index is 11.5.